The first-order valence-corrected chi connectivity index (χ1v) is 15.6. The minimum Gasteiger partial charge on any atom is -0.508 e. The van der Waals surface area contributed by atoms with Gasteiger partial charge < -0.3 is 20.4 Å². The van der Waals surface area contributed by atoms with E-state index in [1.807, 2.05) is 20.8 Å². The minimum atomic E-state index is -2.69. The second kappa shape index (κ2) is 11.1. The van der Waals surface area contributed by atoms with Crippen LogP contribution in [-0.2, 0) is 26.2 Å². The number of benzene rings is 2. The number of aliphatic hydroxyl groups is 3. The number of phenolic OH excluding ortho intramolecular Hbond substituents is 1. The Hall–Kier alpha value is -4.35. The van der Waals surface area contributed by atoms with Crippen LogP contribution in [0, 0.1) is 27.4 Å². The first kappa shape index (κ1) is 34.0. The Labute approximate surface area is 273 Å². The summed E-state index contributed by atoms with van der Waals surface area (Å²) in [6.07, 6.45) is -0.0741. The Balaban J connectivity index is 1.79. The molecule has 0 spiro atoms. The highest BCUT2D eigenvalue weighted by molar-refractivity contribution is 6.25. The van der Waals surface area contributed by atoms with Crippen molar-refractivity contribution in [3.63, 3.8) is 0 Å². The van der Waals surface area contributed by atoms with Crippen LogP contribution in [0.15, 0.2) is 47.2 Å². The van der Waals surface area contributed by atoms with Crippen molar-refractivity contribution in [3.8, 4) is 16.9 Å². The van der Waals surface area contributed by atoms with Crippen molar-refractivity contribution in [2.24, 2.45) is 17.3 Å². The van der Waals surface area contributed by atoms with Crippen molar-refractivity contribution < 1.29 is 39.7 Å². The average molecular weight is 647 g/mol. The molecule has 0 saturated heterocycles. The second-order valence-electron chi connectivity index (χ2n) is 15.5. The molecular formula is C36H42N2O9. The molecule has 4 N–H and O–H groups in total. The van der Waals surface area contributed by atoms with Crippen LogP contribution in [0.2, 0.25) is 0 Å². The fourth-order valence-electron chi connectivity index (χ4n) is 7.53. The molecule has 1 saturated carbocycles. The molecule has 5 rings (SSSR count). The molecule has 0 heterocycles. The van der Waals surface area contributed by atoms with Crippen molar-refractivity contribution in [2.75, 3.05) is 14.1 Å². The number of Topliss-reactive ketones (excluding diaryl/α,β-unsaturated/α-hetero) is 3. The number of non-ortho nitro benzene ring substituents is 1. The topological polar surface area (TPSA) is 179 Å². The summed E-state index contributed by atoms with van der Waals surface area (Å²) >= 11 is 0. The molecular weight excluding hydrogens is 604 g/mol. The van der Waals surface area contributed by atoms with Crippen LogP contribution in [0.25, 0.3) is 16.9 Å². The number of carbonyl (C=O) groups excluding carboxylic acids is 3. The van der Waals surface area contributed by atoms with Crippen LogP contribution >= 0.6 is 0 Å². The molecule has 11 heteroatoms. The van der Waals surface area contributed by atoms with E-state index in [1.165, 1.54) is 17.0 Å². The van der Waals surface area contributed by atoms with Gasteiger partial charge in [-0.2, -0.15) is 0 Å². The highest BCUT2D eigenvalue weighted by atomic mass is 16.6. The number of aliphatic hydroxyl groups excluding tert-OH is 2. The van der Waals surface area contributed by atoms with Gasteiger partial charge in [0.25, 0.3) is 5.69 Å². The van der Waals surface area contributed by atoms with E-state index in [2.05, 4.69) is 0 Å². The van der Waals surface area contributed by atoms with Gasteiger partial charge in [-0.15, -0.1) is 0 Å². The lowest BCUT2D eigenvalue weighted by Crippen LogP contribution is -2.65. The lowest BCUT2D eigenvalue weighted by atomic mass is 9.57. The van der Waals surface area contributed by atoms with Gasteiger partial charge in [0.1, 0.15) is 22.8 Å². The lowest BCUT2D eigenvalue weighted by molar-refractivity contribution is -0.384. The zero-order chi connectivity index (χ0) is 35.1. The van der Waals surface area contributed by atoms with E-state index in [0.29, 0.717) is 22.3 Å². The number of ketones is 3. The average Bonchev–Trinajstić information content (AvgIpc) is 2.93. The third kappa shape index (κ3) is 5.35. The number of carbonyl (C=O) groups is 3. The molecule has 3 aliphatic rings. The van der Waals surface area contributed by atoms with Crippen LogP contribution in [0.4, 0.5) is 5.69 Å². The highest BCUT2D eigenvalue weighted by Gasteiger charge is 2.64. The molecule has 250 valence electrons. The van der Waals surface area contributed by atoms with Crippen molar-refractivity contribution >= 4 is 28.8 Å². The number of aromatic hydroxyl groups is 1. The van der Waals surface area contributed by atoms with Crippen LogP contribution in [-0.4, -0.2) is 73.3 Å². The Morgan fingerprint density at radius 3 is 2.26 bits per heavy atom. The molecule has 0 aliphatic heterocycles. The van der Waals surface area contributed by atoms with E-state index in [0.717, 1.165) is 0 Å². The Kier molecular flexibility index (Phi) is 8.05. The maximum atomic E-state index is 14.5. The number of fused-ring (bicyclic) bond motifs is 3. The Bertz CT molecular complexity index is 1810. The highest BCUT2D eigenvalue weighted by Crippen LogP contribution is 2.55. The summed E-state index contributed by atoms with van der Waals surface area (Å²) in [7, 11) is 3.18. The molecule has 47 heavy (non-hydrogen) atoms. The molecule has 11 nitrogen and oxygen atoms in total. The van der Waals surface area contributed by atoms with Gasteiger partial charge >= 0.3 is 0 Å². The largest absolute Gasteiger partial charge is 0.508 e. The predicted octanol–water partition coefficient (Wildman–Crippen LogP) is 5.36. The molecule has 0 radical (unpaired) electrons. The molecule has 0 aromatic heterocycles. The van der Waals surface area contributed by atoms with Gasteiger partial charge in [-0.25, -0.2) is 0 Å². The normalized spacial score (nSPS) is 24.7. The van der Waals surface area contributed by atoms with Crippen molar-refractivity contribution in [1.82, 2.24) is 4.90 Å². The van der Waals surface area contributed by atoms with Crippen LogP contribution in [0.3, 0.4) is 0 Å². The number of nitrogens with zero attached hydrogens (tertiary/aromatic N) is 2. The number of phenols is 1. The minimum absolute atomic E-state index is 0.0311. The summed E-state index contributed by atoms with van der Waals surface area (Å²) in [4.78, 5) is 54.4. The summed E-state index contributed by atoms with van der Waals surface area (Å²) < 4.78 is 0. The number of rotatable bonds is 5. The standard InChI is InChI=1S/C36H42N2O9/c1-34(2,3)16-24(39)27-31(42)28(37(7)8)22-14-18-13-21-20(17-10-9-11-19(12-17)38(46)47)15-23(35(4,5)6)29(40)26(21)30(41)25(18)32(43)36(22,45)33(27)44/h9-12,15,18,22,28,40-41,44-45H,13-14,16H2,1-8H3/t18-,22-,28-,36-/m1/s1. The van der Waals surface area contributed by atoms with E-state index >= 15 is 0 Å². The van der Waals surface area contributed by atoms with E-state index < -0.39 is 73.7 Å². The second-order valence-corrected chi connectivity index (χ2v) is 15.5. The number of hydrogen-bond acceptors (Lipinski definition) is 10. The van der Waals surface area contributed by atoms with E-state index in [9.17, 15) is 44.9 Å². The smallest absolute Gasteiger partial charge is 0.270 e. The number of likely N-dealkylation sites (N-methyl/N-ethyl adjacent to an activating group) is 1. The SMILES string of the molecule is CN(C)[C@H]1C(=O)C(C(=O)CC(C)(C)C)=C(O)[C@]2(O)C(=O)C3=C(O)c4c(O)c(C(C)(C)C)cc(-c5cccc([N+](=O)[O-])c5)c4C[C@@H]3C[C@H]12. The molecule has 0 bridgehead atoms. The molecule has 2 aromatic rings. The fourth-order valence-corrected chi connectivity index (χ4v) is 7.53. The van der Waals surface area contributed by atoms with Crippen molar-refractivity contribution in [3.05, 3.63) is 74.0 Å². The van der Waals surface area contributed by atoms with Gasteiger partial charge in [-0.3, -0.25) is 29.4 Å². The Morgan fingerprint density at radius 1 is 1.06 bits per heavy atom. The van der Waals surface area contributed by atoms with E-state index in [-0.39, 0.29) is 41.8 Å². The Morgan fingerprint density at radius 2 is 1.70 bits per heavy atom. The van der Waals surface area contributed by atoms with Gasteiger partial charge in [0, 0.05) is 35.6 Å². The number of nitro benzene ring substituents is 1. The number of hydrogen-bond donors (Lipinski definition) is 4. The van der Waals surface area contributed by atoms with E-state index in [1.54, 1.807) is 53.1 Å². The molecule has 0 unspecified atom stereocenters. The summed E-state index contributed by atoms with van der Waals surface area (Å²) in [5.74, 6) is -6.24. The lowest BCUT2D eigenvalue weighted by Gasteiger charge is -2.50. The zero-order valence-corrected chi connectivity index (χ0v) is 28.0. The van der Waals surface area contributed by atoms with Crippen molar-refractivity contribution in [1.29, 1.82) is 0 Å². The molecule has 3 aliphatic carbocycles. The molecule has 2 aromatic carbocycles. The molecule has 1 fully saturated rings. The first-order valence-electron chi connectivity index (χ1n) is 15.6. The van der Waals surface area contributed by atoms with Crippen molar-refractivity contribution in [2.45, 2.75) is 77.9 Å². The van der Waals surface area contributed by atoms with Gasteiger partial charge in [0.2, 0.25) is 5.78 Å². The van der Waals surface area contributed by atoms with Gasteiger partial charge in [-0.1, -0.05) is 53.7 Å². The maximum absolute atomic E-state index is 14.5. The van der Waals surface area contributed by atoms with Gasteiger partial charge in [0.05, 0.1) is 16.5 Å². The first-order chi connectivity index (χ1) is 21.6. The third-order valence-corrected chi connectivity index (χ3v) is 9.62. The summed E-state index contributed by atoms with van der Waals surface area (Å²) in [6, 6.07) is 6.59. The quantitative estimate of drug-likeness (QED) is 0.188. The summed E-state index contributed by atoms with van der Waals surface area (Å²) in [5.41, 5.74) is -3.09. The van der Waals surface area contributed by atoms with Crippen LogP contribution < -0.4 is 0 Å². The molecule has 0 amide bonds. The number of nitro groups is 1. The third-order valence-electron chi connectivity index (χ3n) is 9.62. The van der Waals surface area contributed by atoms with Gasteiger partial charge in [-0.05, 0) is 66.4 Å². The maximum Gasteiger partial charge on any atom is 0.270 e. The predicted molar refractivity (Wildman–Crippen MR) is 175 cm³/mol. The summed E-state index contributed by atoms with van der Waals surface area (Å²) in [5, 5.41) is 58.9. The zero-order valence-electron chi connectivity index (χ0n) is 28.0. The van der Waals surface area contributed by atoms with Gasteiger partial charge in [0.15, 0.2) is 17.2 Å². The van der Waals surface area contributed by atoms with Crippen LogP contribution in [0.1, 0.15) is 71.1 Å². The molecule has 4 atom stereocenters. The summed E-state index contributed by atoms with van der Waals surface area (Å²) in [6.45, 7) is 10.9. The van der Waals surface area contributed by atoms with Crippen LogP contribution in [0.5, 0.6) is 5.75 Å². The van der Waals surface area contributed by atoms with E-state index in [4.69, 9.17) is 0 Å². The fraction of sp³-hybridized carbons (Fsp3) is 0.472. The monoisotopic (exact) mass is 646 g/mol.